The second kappa shape index (κ2) is 12.9. The molecule has 202 valence electrons. The maximum atomic E-state index is 13.9. The van der Waals surface area contributed by atoms with Crippen molar-refractivity contribution in [3.05, 3.63) is 95.0 Å². The van der Waals surface area contributed by atoms with Gasteiger partial charge in [-0.25, -0.2) is 8.42 Å². The maximum absolute atomic E-state index is 13.9. The summed E-state index contributed by atoms with van der Waals surface area (Å²) in [5.41, 5.74) is 1.83. The summed E-state index contributed by atoms with van der Waals surface area (Å²) < 4.78 is 28.7. The highest BCUT2D eigenvalue weighted by Crippen LogP contribution is 2.31. The van der Waals surface area contributed by atoms with E-state index >= 15 is 0 Å². The number of hydrogen-bond acceptors (Lipinski definition) is 4. The molecule has 1 atom stereocenters. The van der Waals surface area contributed by atoms with Gasteiger partial charge in [0.25, 0.3) is 10.0 Å². The topological polar surface area (TPSA) is 86.8 Å². The zero-order valence-electron chi connectivity index (χ0n) is 22.1. The van der Waals surface area contributed by atoms with E-state index in [-0.39, 0.29) is 23.4 Å². The average molecular weight is 556 g/mol. The van der Waals surface area contributed by atoms with Crippen molar-refractivity contribution < 1.29 is 18.0 Å². The first-order valence-corrected chi connectivity index (χ1v) is 14.3. The van der Waals surface area contributed by atoms with Crippen LogP contribution >= 0.6 is 11.6 Å². The monoisotopic (exact) mass is 555 g/mol. The highest BCUT2D eigenvalue weighted by molar-refractivity contribution is 7.92. The van der Waals surface area contributed by atoms with E-state index in [4.69, 9.17) is 11.6 Å². The molecule has 0 unspecified atom stereocenters. The molecule has 0 saturated carbocycles. The van der Waals surface area contributed by atoms with Crippen LogP contribution in [0.5, 0.6) is 0 Å². The van der Waals surface area contributed by atoms with Crippen LogP contribution in [0.1, 0.15) is 31.9 Å². The van der Waals surface area contributed by atoms with E-state index in [1.165, 1.54) is 17.0 Å². The van der Waals surface area contributed by atoms with Gasteiger partial charge in [0.1, 0.15) is 12.6 Å². The Kier molecular flexibility index (Phi) is 9.94. The number of carbonyl (C=O) groups is 2. The standard InChI is InChI=1S/C29H34ClN3O4S/c1-21(2)31-29(35)23(4)32(19-18-24-12-7-5-8-13-24)28(34)20-33(27-17-11-16-26(30)22(27)3)38(36,37)25-14-9-6-10-15-25/h5-17,21,23H,18-20H2,1-4H3,(H,31,35)/t23-/m0/s1. The van der Waals surface area contributed by atoms with Crippen molar-refractivity contribution in [1.29, 1.82) is 0 Å². The summed E-state index contributed by atoms with van der Waals surface area (Å²) in [5, 5.41) is 3.23. The van der Waals surface area contributed by atoms with Crippen LogP contribution in [0.4, 0.5) is 5.69 Å². The lowest BCUT2D eigenvalue weighted by atomic mass is 10.1. The Bertz CT molecular complexity index is 1350. The Hall–Kier alpha value is -3.36. The molecule has 2 amide bonds. The number of amides is 2. The van der Waals surface area contributed by atoms with Crippen LogP contribution in [-0.4, -0.2) is 50.3 Å². The molecule has 1 N–H and O–H groups in total. The molecule has 0 bridgehead atoms. The van der Waals surface area contributed by atoms with E-state index in [1.807, 2.05) is 44.2 Å². The van der Waals surface area contributed by atoms with Crippen LogP contribution in [-0.2, 0) is 26.0 Å². The van der Waals surface area contributed by atoms with Crippen LogP contribution in [0, 0.1) is 6.92 Å². The largest absolute Gasteiger partial charge is 0.352 e. The molecule has 38 heavy (non-hydrogen) atoms. The summed E-state index contributed by atoms with van der Waals surface area (Å²) >= 11 is 6.34. The van der Waals surface area contributed by atoms with Crippen molar-refractivity contribution in [3.63, 3.8) is 0 Å². The summed E-state index contributed by atoms with van der Waals surface area (Å²) in [7, 11) is -4.13. The summed E-state index contributed by atoms with van der Waals surface area (Å²) in [4.78, 5) is 28.3. The Morgan fingerprint density at radius 2 is 1.50 bits per heavy atom. The quantitative estimate of drug-likeness (QED) is 0.367. The molecular formula is C29H34ClN3O4S. The molecule has 0 aromatic heterocycles. The van der Waals surface area contributed by atoms with Gasteiger partial charge in [0.2, 0.25) is 11.8 Å². The number of carbonyl (C=O) groups excluding carboxylic acids is 2. The van der Waals surface area contributed by atoms with Gasteiger partial charge in [-0.15, -0.1) is 0 Å². The van der Waals surface area contributed by atoms with Crippen LogP contribution in [0.3, 0.4) is 0 Å². The van der Waals surface area contributed by atoms with Crippen molar-refractivity contribution in [3.8, 4) is 0 Å². The third-order valence-corrected chi connectivity index (χ3v) is 8.38. The van der Waals surface area contributed by atoms with Crippen LogP contribution < -0.4 is 9.62 Å². The number of sulfonamides is 1. The Balaban J connectivity index is 2.01. The lowest BCUT2D eigenvalue weighted by molar-refractivity contribution is -0.139. The minimum atomic E-state index is -4.13. The molecule has 0 heterocycles. The fourth-order valence-electron chi connectivity index (χ4n) is 4.07. The summed E-state index contributed by atoms with van der Waals surface area (Å²) in [6.07, 6.45) is 0.507. The SMILES string of the molecule is Cc1c(Cl)cccc1N(CC(=O)N(CCc1ccccc1)[C@@H](C)C(=O)NC(C)C)S(=O)(=O)c1ccccc1. The van der Waals surface area contributed by atoms with Gasteiger partial charge in [0.15, 0.2) is 0 Å². The first kappa shape index (κ1) is 29.2. The fourth-order valence-corrected chi connectivity index (χ4v) is 5.74. The van der Waals surface area contributed by atoms with Crippen molar-refractivity contribution in [2.24, 2.45) is 0 Å². The van der Waals surface area contributed by atoms with Gasteiger partial charge < -0.3 is 10.2 Å². The van der Waals surface area contributed by atoms with Gasteiger partial charge >= 0.3 is 0 Å². The van der Waals surface area contributed by atoms with Gasteiger partial charge in [-0.1, -0.05) is 66.2 Å². The van der Waals surface area contributed by atoms with Gasteiger partial charge in [0.05, 0.1) is 10.6 Å². The zero-order chi connectivity index (χ0) is 27.9. The number of nitrogens with one attached hydrogen (secondary N) is 1. The Morgan fingerprint density at radius 3 is 2.11 bits per heavy atom. The van der Waals surface area contributed by atoms with Crippen molar-refractivity contribution in [1.82, 2.24) is 10.2 Å². The van der Waals surface area contributed by atoms with Crippen molar-refractivity contribution in [2.75, 3.05) is 17.4 Å². The lowest BCUT2D eigenvalue weighted by Gasteiger charge is -2.32. The van der Waals surface area contributed by atoms with Crippen molar-refractivity contribution in [2.45, 2.75) is 51.1 Å². The first-order valence-electron chi connectivity index (χ1n) is 12.5. The van der Waals surface area contributed by atoms with Gasteiger partial charge in [-0.3, -0.25) is 13.9 Å². The third-order valence-electron chi connectivity index (χ3n) is 6.20. The minimum absolute atomic E-state index is 0.0496. The average Bonchev–Trinajstić information content (AvgIpc) is 2.89. The number of anilines is 1. The highest BCUT2D eigenvalue weighted by atomic mass is 35.5. The highest BCUT2D eigenvalue weighted by Gasteiger charge is 2.33. The number of hydrogen-bond donors (Lipinski definition) is 1. The van der Waals surface area contributed by atoms with E-state index < -0.39 is 28.5 Å². The second-order valence-corrected chi connectivity index (χ2v) is 11.6. The predicted molar refractivity (Wildman–Crippen MR) is 152 cm³/mol. The smallest absolute Gasteiger partial charge is 0.264 e. The van der Waals surface area contributed by atoms with E-state index in [9.17, 15) is 18.0 Å². The van der Waals surface area contributed by atoms with E-state index in [0.29, 0.717) is 22.7 Å². The molecule has 0 radical (unpaired) electrons. The van der Waals surface area contributed by atoms with Crippen molar-refractivity contribution >= 4 is 39.1 Å². The van der Waals surface area contributed by atoms with E-state index in [1.54, 1.807) is 50.2 Å². The van der Waals surface area contributed by atoms with Gasteiger partial charge in [-0.2, -0.15) is 0 Å². The molecule has 3 aromatic carbocycles. The Morgan fingerprint density at radius 1 is 0.895 bits per heavy atom. The van der Waals surface area contributed by atoms with E-state index in [2.05, 4.69) is 5.32 Å². The Labute approximate surface area is 230 Å². The number of rotatable bonds is 11. The molecule has 7 nitrogen and oxygen atoms in total. The predicted octanol–water partition coefficient (Wildman–Crippen LogP) is 4.83. The molecule has 0 aliphatic carbocycles. The molecule has 0 spiro atoms. The maximum Gasteiger partial charge on any atom is 0.264 e. The summed E-state index contributed by atoms with van der Waals surface area (Å²) in [6, 6.07) is 21.6. The number of benzene rings is 3. The molecule has 9 heteroatoms. The minimum Gasteiger partial charge on any atom is -0.352 e. The number of halogens is 1. The summed E-state index contributed by atoms with van der Waals surface area (Å²) in [6.45, 7) is 6.80. The third kappa shape index (κ3) is 7.14. The molecule has 3 aromatic rings. The van der Waals surface area contributed by atoms with Crippen LogP contribution in [0.25, 0.3) is 0 Å². The molecule has 0 aliphatic heterocycles. The molecule has 0 saturated heterocycles. The lowest BCUT2D eigenvalue weighted by Crippen LogP contribution is -2.53. The normalized spacial score (nSPS) is 12.2. The molecule has 0 aliphatic rings. The van der Waals surface area contributed by atoms with E-state index in [0.717, 1.165) is 9.87 Å². The fraction of sp³-hybridized carbons (Fsp3) is 0.310. The first-order chi connectivity index (χ1) is 18.0. The van der Waals surface area contributed by atoms with Crippen LogP contribution in [0.15, 0.2) is 83.8 Å². The zero-order valence-corrected chi connectivity index (χ0v) is 23.7. The molecular weight excluding hydrogens is 522 g/mol. The van der Waals surface area contributed by atoms with Gasteiger partial charge in [0, 0.05) is 17.6 Å². The van der Waals surface area contributed by atoms with Crippen LogP contribution in [0.2, 0.25) is 5.02 Å². The summed E-state index contributed by atoms with van der Waals surface area (Å²) in [5.74, 6) is -0.802. The molecule has 3 rings (SSSR count). The second-order valence-electron chi connectivity index (χ2n) is 9.37. The van der Waals surface area contributed by atoms with Gasteiger partial charge in [-0.05, 0) is 69.5 Å². The molecule has 0 fully saturated rings. The number of nitrogens with zero attached hydrogens (tertiary/aromatic N) is 2.